The van der Waals surface area contributed by atoms with E-state index in [2.05, 4.69) is 60.5 Å². The molecule has 1 heterocycles. The van der Waals surface area contributed by atoms with Gasteiger partial charge in [-0.3, -0.25) is 4.79 Å². The van der Waals surface area contributed by atoms with Crippen LogP contribution in [0.4, 0.5) is 5.69 Å². The van der Waals surface area contributed by atoms with Crippen LogP contribution in [0.5, 0.6) is 0 Å². The molecule has 0 bridgehead atoms. The third-order valence-electron chi connectivity index (χ3n) is 6.56. The molecule has 0 spiro atoms. The number of carbonyl (C=O) groups is 1. The van der Waals surface area contributed by atoms with Crippen LogP contribution in [0.25, 0.3) is 15.8 Å². The Balaban J connectivity index is 2.54. The van der Waals surface area contributed by atoms with Crippen molar-refractivity contribution in [3.63, 3.8) is 0 Å². The molecule has 1 amide bonds. The molecule has 0 saturated carbocycles. The van der Waals surface area contributed by atoms with Crippen LogP contribution in [0.15, 0.2) is 46.9 Å². The van der Waals surface area contributed by atoms with Crippen molar-refractivity contribution in [3.05, 3.63) is 80.9 Å². The summed E-state index contributed by atoms with van der Waals surface area (Å²) >= 11 is 0. The quantitative estimate of drug-likeness (QED) is 0.207. The van der Waals surface area contributed by atoms with Gasteiger partial charge in [0.2, 0.25) is 11.6 Å². The summed E-state index contributed by atoms with van der Waals surface area (Å²) in [6, 6.07) is 8.36. The number of amides is 1. The number of unbranched alkanes of at least 4 members (excludes halogenated alkanes) is 3. The molecule has 0 atom stereocenters. The first-order valence-electron chi connectivity index (χ1n) is 13.4. The summed E-state index contributed by atoms with van der Waals surface area (Å²) in [5.41, 5.74) is 3.64. The van der Waals surface area contributed by atoms with Crippen LogP contribution in [-0.4, -0.2) is 30.4 Å². The highest BCUT2D eigenvalue weighted by Gasteiger charge is 2.36. The Morgan fingerprint density at radius 2 is 1.73 bits per heavy atom. The van der Waals surface area contributed by atoms with E-state index in [9.17, 15) is 10.1 Å². The summed E-state index contributed by atoms with van der Waals surface area (Å²) in [4.78, 5) is 24.1. The Labute approximate surface area is 223 Å². The third-order valence-corrected chi connectivity index (χ3v) is 6.56. The molecule has 0 saturated heterocycles. The van der Waals surface area contributed by atoms with Gasteiger partial charge in [-0.15, -0.1) is 0 Å². The molecule has 0 radical (unpaired) electrons. The van der Waals surface area contributed by atoms with Crippen molar-refractivity contribution in [1.82, 2.24) is 4.90 Å². The van der Waals surface area contributed by atoms with E-state index in [4.69, 9.17) is 13.1 Å². The predicted molar refractivity (Wildman–Crippen MR) is 151 cm³/mol. The lowest BCUT2D eigenvalue weighted by Gasteiger charge is -2.26. The van der Waals surface area contributed by atoms with Crippen LogP contribution < -0.4 is 4.90 Å². The number of hydrogen-bond acceptors (Lipinski definition) is 3. The number of nitriles is 1. The standard InChI is InChI=1S/C31H39N5O/c1-8-11-18-35(19-12-9-2)25-16-14-24(27(21-25)23(4)5)15-17-26-29(34-7)30(28(22-32)33-6)36(31(26)37)20-13-10-3/h14-17,21,23H,8-13,18-20H2,1-5H3/b17-15+,30-28+. The largest absolute Gasteiger partial charge is 0.372 e. The SMILES string of the molecule is [C-]#[N+]C1=C(/C=C/c2ccc(N(CCCC)CCCC)cc2C(C)C)C(=O)N(CCCC)/C1=C(\C#N)[N+]#[C-]. The zero-order valence-electron chi connectivity index (χ0n) is 23.0. The maximum absolute atomic E-state index is 13.3. The lowest BCUT2D eigenvalue weighted by atomic mass is 9.95. The molecule has 37 heavy (non-hydrogen) atoms. The average molecular weight is 498 g/mol. The minimum atomic E-state index is -0.324. The lowest BCUT2D eigenvalue weighted by molar-refractivity contribution is -0.124. The number of rotatable bonds is 13. The van der Waals surface area contributed by atoms with E-state index in [0.29, 0.717) is 6.54 Å². The van der Waals surface area contributed by atoms with Gasteiger partial charge in [0, 0.05) is 30.9 Å². The van der Waals surface area contributed by atoms with E-state index in [0.717, 1.165) is 57.2 Å². The molecule has 0 fully saturated rings. The minimum Gasteiger partial charge on any atom is -0.372 e. The van der Waals surface area contributed by atoms with E-state index >= 15 is 0 Å². The van der Waals surface area contributed by atoms with Crippen LogP contribution in [-0.2, 0) is 4.79 Å². The molecule has 6 nitrogen and oxygen atoms in total. The second-order valence-corrected chi connectivity index (χ2v) is 9.60. The second-order valence-electron chi connectivity index (χ2n) is 9.60. The maximum atomic E-state index is 13.3. The van der Waals surface area contributed by atoms with Gasteiger partial charge >= 0.3 is 0 Å². The van der Waals surface area contributed by atoms with Crippen LogP contribution in [0.3, 0.4) is 0 Å². The van der Waals surface area contributed by atoms with Crippen molar-refractivity contribution in [1.29, 1.82) is 5.26 Å². The van der Waals surface area contributed by atoms with Gasteiger partial charge in [0.1, 0.15) is 0 Å². The monoisotopic (exact) mass is 497 g/mol. The molecule has 1 aromatic rings. The van der Waals surface area contributed by atoms with Crippen molar-refractivity contribution in [3.8, 4) is 6.07 Å². The highest BCUT2D eigenvalue weighted by Crippen LogP contribution is 2.35. The minimum absolute atomic E-state index is 0.0814. The molecule has 0 N–H and O–H groups in total. The van der Waals surface area contributed by atoms with Crippen molar-refractivity contribution in [2.75, 3.05) is 24.5 Å². The number of carbonyl (C=O) groups excluding carboxylic acids is 1. The second kappa shape index (κ2) is 14.7. The molecule has 6 heteroatoms. The fourth-order valence-corrected chi connectivity index (χ4v) is 4.42. The van der Waals surface area contributed by atoms with Crippen LogP contribution in [0.1, 0.15) is 90.2 Å². The number of benzene rings is 1. The first-order valence-corrected chi connectivity index (χ1v) is 13.4. The molecule has 1 aliphatic heterocycles. The van der Waals surface area contributed by atoms with E-state index in [1.54, 1.807) is 6.08 Å². The van der Waals surface area contributed by atoms with Crippen LogP contribution in [0.2, 0.25) is 0 Å². The smallest absolute Gasteiger partial charge is 0.274 e. The Morgan fingerprint density at radius 3 is 2.24 bits per heavy atom. The van der Waals surface area contributed by atoms with Gasteiger partial charge in [0.25, 0.3) is 5.70 Å². The first kappa shape index (κ1) is 29.4. The molecular formula is C31H39N5O. The fourth-order valence-electron chi connectivity index (χ4n) is 4.42. The van der Waals surface area contributed by atoms with Crippen molar-refractivity contribution in [2.24, 2.45) is 0 Å². The van der Waals surface area contributed by atoms with Crippen molar-refractivity contribution in [2.45, 2.75) is 79.1 Å². The van der Waals surface area contributed by atoms with E-state index in [1.807, 2.05) is 19.1 Å². The number of hydrogen-bond donors (Lipinski definition) is 0. The molecular weight excluding hydrogens is 458 g/mol. The molecule has 0 aromatic heterocycles. The fraction of sp³-hybridized carbons (Fsp3) is 0.484. The van der Waals surface area contributed by atoms with Gasteiger partial charge in [-0.25, -0.2) is 15.0 Å². The summed E-state index contributed by atoms with van der Waals surface area (Å²) in [6.45, 7) is 28.3. The zero-order chi connectivity index (χ0) is 27.4. The molecule has 0 unspecified atom stereocenters. The van der Waals surface area contributed by atoms with Gasteiger partial charge in [0.05, 0.1) is 24.9 Å². The predicted octanol–water partition coefficient (Wildman–Crippen LogP) is 7.70. The third kappa shape index (κ3) is 7.12. The molecule has 2 rings (SSSR count). The van der Waals surface area contributed by atoms with Gasteiger partial charge in [-0.2, -0.15) is 0 Å². The summed E-state index contributed by atoms with van der Waals surface area (Å²) in [5.74, 6) is -0.0497. The van der Waals surface area contributed by atoms with Crippen molar-refractivity contribution < 1.29 is 4.79 Å². The highest BCUT2D eigenvalue weighted by atomic mass is 16.2. The summed E-state index contributed by atoms with van der Waals surface area (Å²) in [6.07, 6.45) is 9.76. The average Bonchev–Trinajstić information content (AvgIpc) is 3.17. The van der Waals surface area contributed by atoms with Gasteiger partial charge in [0.15, 0.2) is 0 Å². The number of anilines is 1. The summed E-state index contributed by atoms with van der Waals surface area (Å²) in [5, 5.41) is 9.49. The maximum Gasteiger partial charge on any atom is 0.274 e. The van der Waals surface area contributed by atoms with Gasteiger partial charge in [-0.1, -0.05) is 72.1 Å². The van der Waals surface area contributed by atoms with E-state index in [-0.39, 0.29) is 34.5 Å². The lowest BCUT2D eigenvalue weighted by Crippen LogP contribution is -2.27. The Morgan fingerprint density at radius 1 is 1.08 bits per heavy atom. The zero-order valence-corrected chi connectivity index (χ0v) is 23.0. The van der Waals surface area contributed by atoms with Crippen LogP contribution >= 0.6 is 0 Å². The summed E-state index contributed by atoms with van der Waals surface area (Å²) in [7, 11) is 0. The molecule has 1 aromatic carbocycles. The Kier molecular flexibility index (Phi) is 11.7. The van der Waals surface area contributed by atoms with Crippen LogP contribution in [0, 0.1) is 24.5 Å². The molecule has 1 aliphatic rings. The van der Waals surface area contributed by atoms with Crippen molar-refractivity contribution >= 4 is 17.7 Å². The number of nitrogens with zero attached hydrogens (tertiary/aromatic N) is 5. The first-order chi connectivity index (χ1) is 17.9. The molecule has 0 aliphatic carbocycles. The Bertz CT molecular complexity index is 1160. The molecule has 194 valence electrons. The topological polar surface area (TPSA) is 56.1 Å². The van der Waals surface area contributed by atoms with E-state index < -0.39 is 0 Å². The normalized spacial score (nSPS) is 14.8. The number of allylic oxidation sites excluding steroid dienone is 1. The highest BCUT2D eigenvalue weighted by molar-refractivity contribution is 6.04. The van der Waals surface area contributed by atoms with Gasteiger partial charge in [-0.05, 0) is 48.4 Å². The van der Waals surface area contributed by atoms with E-state index in [1.165, 1.54) is 16.2 Å². The summed E-state index contributed by atoms with van der Waals surface area (Å²) < 4.78 is 0. The Hall–Kier alpha value is -3.82. The van der Waals surface area contributed by atoms with Gasteiger partial charge < -0.3 is 9.80 Å².